The molecule has 1 fully saturated rings. The van der Waals surface area contributed by atoms with Crippen molar-refractivity contribution in [3.63, 3.8) is 0 Å². The first kappa shape index (κ1) is 13.9. The van der Waals surface area contributed by atoms with E-state index in [0.717, 1.165) is 24.1 Å². The summed E-state index contributed by atoms with van der Waals surface area (Å²) in [6, 6.07) is 7.72. The smallest absolute Gasteiger partial charge is 0.244 e. The summed E-state index contributed by atoms with van der Waals surface area (Å²) in [5.74, 6) is -0.0906. The number of hydrogen-bond donors (Lipinski definition) is 1. The molecule has 0 saturated carbocycles. The highest BCUT2D eigenvalue weighted by molar-refractivity contribution is 6.06. The second-order valence-electron chi connectivity index (χ2n) is 6.01. The van der Waals surface area contributed by atoms with Crippen molar-refractivity contribution in [2.45, 2.75) is 24.8 Å². The molecule has 8 nitrogen and oxygen atoms in total. The number of rotatable bonds is 2. The zero-order valence-electron chi connectivity index (χ0n) is 12.5. The SMILES string of the molecule is O=C(Cn1cnnn1)N1CCCC2(C1)C(=O)Nc1ccccc12. The van der Waals surface area contributed by atoms with E-state index in [1.165, 1.54) is 11.0 Å². The van der Waals surface area contributed by atoms with Gasteiger partial charge in [0.25, 0.3) is 0 Å². The van der Waals surface area contributed by atoms with Gasteiger partial charge in [0.05, 0.1) is 5.41 Å². The molecule has 1 aromatic carbocycles. The standard InChI is InChI=1S/C15H16N6O2/c22-13(8-21-10-16-18-19-21)20-7-3-6-15(9-20)11-4-1-2-5-12(11)17-14(15)23/h1-2,4-5,10H,3,6-9H2,(H,17,23). The molecule has 4 rings (SSSR count). The van der Waals surface area contributed by atoms with Crippen LogP contribution in [0, 0.1) is 0 Å². The van der Waals surface area contributed by atoms with Crippen molar-refractivity contribution in [1.82, 2.24) is 25.1 Å². The quantitative estimate of drug-likeness (QED) is 0.854. The average molecular weight is 312 g/mol. The Labute approximate surface area is 132 Å². The lowest BCUT2D eigenvalue weighted by Crippen LogP contribution is -2.52. The van der Waals surface area contributed by atoms with E-state index in [2.05, 4.69) is 20.8 Å². The van der Waals surface area contributed by atoms with Crippen molar-refractivity contribution in [3.8, 4) is 0 Å². The largest absolute Gasteiger partial charge is 0.340 e. The van der Waals surface area contributed by atoms with Crippen LogP contribution in [-0.4, -0.2) is 50.0 Å². The summed E-state index contributed by atoms with van der Waals surface area (Å²) in [7, 11) is 0. The van der Waals surface area contributed by atoms with Gasteiger partial charge < -0.3 is 10.2 Å². The second-order valence-corrected chi connectivity index (χ2v) is 6.01. The highest BCUT2D eigenvalue weighted by atomic mass is 16.2. The van der Waals surface area contributed by atoms with Crippen molar-refractivity contribution >= 4 is 17.5 Å². The van der Waals surface area contributed by atoms with Crippen LogP contribution in [0.5, 0.6) is 0 Å². The fourth-order valence-corrected chi connectivity index (χ4v) is 3.54. The number of fused-ring (bicyclic) bond motifs is 2. The van der Waals surface area contributed by atoms with Gasteiger partial charge in [-0.15, -0.1) is 5.10 Å². The molecule has 118 valence electrons. The maximum absolute atomic E-state index is 12.6. The van der Waals surface area contributed by atoms with Gasteiger partial charge in [-0.1, -0.05) is 18.2 Å². The van der Waals surface area contributed by atoms with Gasteiger partial charge in [-0.2, -0.15) is 0 Å². The number of likely N-dealkylation sites (tertiary alicyclic amines) is 1. The highest BCUT2D eigenvalue weighted by Crippen LogP contribution is 2.43. The monoisotopic (exact) mass is 312 g/mol. The fourth-order valence-electron chi connectivity index (χ4n) is 3.54. The van der Waals surface area contributed by atoms with Gasteiger partial charge in [0.2, 0.25) is 11.8 Å². The third-order valence-electron chi connectivity index (χ3n) is 4.66. The number of hydrogen-bond acceptors (Lipinski definition) is 5. The molecule has 8 heteroatoms. The lowest BCUT2D eigenvalue weighted by molar-refractivity contribution is -0.136. The molecule has 2 aliphatic heterocycles. The zero-order valence-corrected chi connectivity index (χ0v) is 12.5. The van der Waals surface area contributed by atoms with E-state index in [0.29, 0.717) is 13.1 Å². The molecule has 3 heterocycles. The molecule has 1 aromatic heterocycles. The number of anilines is 1. The van der Waals surface area contributed by atoms with Gasteiger partial charge in [-0.3, -0.25) is 9.59 Å². The predicted octanol–water partition coefficient (Wildman–Crippen LogP) is 0.186. The molecule has 1 saturated heterocycles. The van der Waals surface area contributed by atoms with Gasteiger partial charge in [-0.25, -0.2) is 4.68 Å². The number of piperidine rings is 1. The van der Waals surface area contributed by atoms with Crippen LogP contribution < -0.4 is 5.32 Å². The summed E-state index contributed by atoms with van der Waals surface area (Å²) in [6.07, 6.45) is 2.96. The van der Waals surface area contributed by atoms with Gasteiger partial charge in [-0.05, 0) is 34.9 Å². The first-order valence-electron chi connectivity index (χ1n) is 7.58. The Kier molecular flexibility index (Phi) is 3.10. The van der Waals surface area contributed by atoms with Crippen LogP contribution in [0.25, 0.3) is 0 Å². The summed E-state index contributed by atoms with van der Waals surface area (Å²) in [4.78, 5) is 26.9. The number of carbonyl (C=O) groups is 2. The van der Waals surface area contributed by atoms with E-state index in [9.17, 15) is 9.59 Å². The Bertz CT molecular complexity index is 759. The average Bonchev–Trinajstić information content (AvgIpc) is 3.16. The van der Waals surface area contributed by atoms with Crippen molar-refractivity contribution in [2.24, 2.45) is 0 Å². The van der Waals surface area contributed by atoms with Crippen LogP contribution in [-0.2, 0) is 21.5 Å². The fraction of sp³-hybridized carbons (Fsp3) is 0.400. The molecular formula is C15H16N6O2. The summed E-state index contributed by atoms with van der Waals surface area (Å²) in [5, 5.41) is 13.7. The summed E-state index contributed by atoms with van der Waals surface area (Å²) >= 11 is 0. The van der Waals surface area contributed by atoms with Crippen molar-refractivity contribution in [3.05, 3.63) is 36.2 Å². The molecule has 2 amide bonds. The number of tetrazole rings is 1. The predicted molar refractivity (Wildman–Crippen MR) is 80.4 cm³/mol. The van der Waals surface area contributed by atoms with Crippen LogP contribution in [0.2, 0.25) is 0 Å². The van der Waals surface area contributed by atoms with E-state index in [-0.39, 0.29) is 18.4 Å². The highest BCUT2D eigenvalue weighted by Gasteiger charge is 2.49. The number of benzene rings is 1. The Morgan fingerprint density at radius 1 is 1.35 bits per heavy atom. The van der Waals surface area contributed by atoms with Gasteiger partial charge in [0.15, 0.2) is 0 Å². The summed E-state index contributed by atoms with van der Waals surface area (Å²) in [5.41, 5.74) is 1.21. The molecule has 1 atom stereocenters. The number of aromatic nitrogens is 4. The minimum atomic E-state index is -0.634. The summed E-state index contributed by atoms with van der Waals surface area (Å²) in [6.45, 7) is 1.14. The van der Waals surface area contributed by atoms with Crippen LogP contribution in [0.3, 0.4) is 0 Å². The molecule has 1 N–H and O–H groups in total. The van der Waals surface area contributed by atoms with Gasteiger partial charge in [0, 0.05) is 18.8 Å². The molecule has 23 heavy (non-hydrogen) atoms. The van der Waals surface area contributed by atoms with Crippen LogP contribution in [0.1, 0.15) is 18.4 Å². The molecule has 0 aliphatic carbocycles. The molecule has 0 bridgehead atoms. The van der Waals surface area contributed by atoms with Crippen LogP contribution in [0.15, 0.2) is 30.6 Å². The third-order valence-corrected chi connectivity index (χ3v) is 4.66. The zero-order chi connectivity index (χ0) is 15.9. The summed E-state index contributed by atoms with van der Waals surface area (Å²) < 4.78 is 1.40. The third kappa shape index (κ3) is 2.18. The lowest BCUT2D eigenvalue weighted by atomic mass is 9.75. The number of amides is 2. The topological polar surface area (TPSA) is 93.0 Å². The van der Waals surface area contributed by atoms with Crippen LogP contribution >= 0.6 is 0 Å². The van der Waals surface area contributed by atoms with E-state index in [4.69, 9.17) is 0 Å². The molecule has 1 spiro atoms. The Morgan fingerprint density at radius 3 is 3.04 bits per heavy atom. The van der Waals surface area contributed by atoms with Crippen LogP contribution in [0.4, 0.5) is 5.69 Å². The van der Waals surface area contributed by atoms with Gasteiger partial charge in [0.1, 0.15) is 12.9 Å². The minimum Gasteiger partial charge on any atom is -0.340 e. The van der Waals surface area contributed by atoms with E-state index < -0.39 is 5.41 Å². The molecule has 0 radical (unpaired) electrons. The normalized spacial score (nSPS) is 23.0. The minimum absolute atomic E-state index is 0.0152. The lowest BCUT2D eigenvalue weighted by Gasteiger charge is -2.39. The second kappa shape index (κ2) is 5.15. The van der Waals surface area contributed by atoms with E-state index >= 15 is 0 Å². The molecular weight excluding hydrogens is 296 g/mol. The Balaban J connectivity index is 1.60. The first-order chi connectivity index (χ1) is 11.2. The van der Waals surface area contributed by atoms with E-state index in [1.807, 2.05) is 24.3 Å². The molecule has 2 aliphatic rings. The molecule has 2 aromatic rings. The van der Waals surface area contributed by atoms with E-state index in [1.54, 1.807) is 4.90 Å². The Morgan fingerprint density at radius 2 is 2.22 bits per heavy atom. The maximum atomic E-state index is 12.6. The maximum Gasteiger partial charge on any atom is 0.244 e. The number of para-hydroxylation sites is 1. The number of nitrogens with zero attached hydrogens (tertiary/aromatic N) is 5. The van der Waals surface area contributed by atoms with Crippen molar-refractivity contribution in [2.75, 3.05) is 18.4 Å². The van der Waals surface area contributed by atoms with Crippen molar-refractivity contribution in [1.29, 1.82) is 0 Å². The Hall–Kier alpha value is -2.77. The molecule has 1 unspecified atom stereocenters. The number of nitrogens with one attached hydrogen (secondary N) is 1. The van der Waals surface area contributed by atoms with Gasteiger partial charge >= 0.3 is 0 Å². The first-order valence-corrected chi connectivity index (χ1v) is 7.58. The van der Waals surface area contributed by atoms with Crippen molar-refractivity contribution < 1.29 is 9.59 Å². The number of carbonyl (C=O) groups excluding carboxylic acids is 2.